The Morgan fingerprint density at radius 2 is 0.674 bits per heavy atom. The van der Waals surface area contributed by atoms with E-state index in [9.17, 15) is 72.0 Å². The fourth-order valence-electron chi connectivity index (χ4n) is 12.5. The number of hydrogen-bond acceptors (Lipinski definition) is 33. The van der Waals surface area contributed by atoms with E-state index in [4.69, 9.17) is 46.4 Å². The molecular formula is C84H74BrCl4N25O16S8. The van der Waals surface area contributed by atoms with Crippen molar-refractivity contribution in [3.8, 4) is 23.3 Å². The number of halogens is 5. The normalized spacial score (nSPS) is 12.0. The highest BCUT2D eigenvalue weighted by atomic mass is 79.9. The number of anilines is 8. The Balaban J connectivity index is 0.000000147. The van der Waals surface area contributed by atoms with E-state index in [0.29, 0.717) is 59.7 Å². The number of benzene rings is 4. The Morgan fingerprint density at radius 1 is 0.384 bits per heavy atom. The first kappa shape index (κ1) is 100. The number of sulfonamides is 4. The van der Waals surface area contributed by atoms with E-state index in [1.165, 1.54) is 178 Å². The van der Waals surface area contributed by atoms with Crippen molar-refractivity contribution in [1.82, 2.24) is 81.9 Å². The topological polar surface area (TPSA) is 544 Å². The summed E-state index contributed by atoms with van der Waals surface area (Å²) in [5, 5.41) is 24.2. The van der Waals surface area contributed by atoms with Crippen LogP contribution in [0.5, 0.6) is 0 Å². The fourth-order valence-corrected chi connectivity index (χ4v) is 22.6. The summed E-state index contributed by atoms with van der Waals surface area (Å²) < 4.78 is 112. The summed E-state index contributed by atoms with van der Waals surface area (Å²) in [4.78, 5) is 137. The van der Waals surface area contributed by atoms with Crippen LogP contribution in [0.2, 0.25) is 17.3 Å². The molecule has 54 heteroatoms. The Bertz CT molecular complexity index is 8080. The van der Waals surface area contributed by atoms with Crippen molar-refractivity contribution < 1.29 is 52.8 Å². The second kappa shape index (κ2) is 43.9. The van der Waals surface area contributed by atoms with Crippen LogP contribution >= 0.6 is 108 Å². The number of likely N-dealkylation sites (N-methyl/N-ethyl adjacent to an activating group) is 1. The van der Waals surface area contributed by atoms with Gasteiger partial charge in [0.05, 0.1) is 114 Å². The molecule has 714 valence electrons. The highest BCUT2D eigenvalue weighted by Crippen LogP contribution is 2.33. The number of carbonyl (C=O) groups is 4. The van der Waals surface area contributed by atoms with Crippen LogP contribution in [0.1, 0.15) is 26.2 Å². The molecule has 0 unspecified atom stereocenters. The molecule has 1 aliphatic carbocycles. The van der Waals surface area contributed by atoms with E-state index in [-0.39, 0.29) is 90.8 Å². The van der Waals surface area contributed by atoms with Gasteiger partial charge in [0.2, 0.25) is 0 Å². The molecule has 1 fully saturated rings. The monoisotopic (exact) mass is 2160 g/mol. The number of thiophene rings is 4. The summed E-state index contributed by atoms with van der Waals surface area (Å²) in [6.45, 7) is 5.42. The zero-order valence-electron chi connectivity index (χ0n) is 71.7. The average molecular weight is 2170 g/mol. The van der Waals surface area contributed by atoms with E-state index in [1.807, 2.05) is 69.4 Å². The molecule has 138 heavy (non-hydrogen) atoms. The van der Waals surface area contributed by atoms with E-state index in [1.54, 1.807) is 37.4 Å². The van der Waals surface area contributed by atoms with Crippen molar-refractivity contribution in [2.45, 2.75) is 43.0 Å². The van der Waals surface area contributed by atoms with Crippen LogP contribution < -0.4 is 83.7 Å². The number of aromatic nitrogens is 12. The lowest BCUT2D eigenvalue weighted by molar-refractivity contribution is 0.255. The number of pyridine rings is 4. The third kappa shape index (κ3) is 25.7. The van der Waals surface area contributed by atoms with Crippen molar-refractivity contribution in [3.63, 3.8) is 0 Å². The number of carbonyl (C=O) groups excluding carboxylic acids is 4. The Labute approximate surface area is 827 Å². The zero-order valence-corrected chi connectivity index (χ0v) is 82.9. The van der Waals surface area contributed by atoms with Gasteiger partial charge in [-0.3, -0.25) is 37.4 Å². The Morgan fingerprint density at radius 3 is 0.942 bits per heavy atom. The summed E-state index contributed by atoms with van der Waals surface area (Å²) in [6, 6.07) is 38.6. The van der Waals surface area contributed by atoms with Gasteiger partial charge in [-0.05, 0) is 219 Å². The number of fused-ring (bicyclic) bond motifs is 4. The van der Waals surface area contributed by atoms with Gasteiger partial charge in [0.25, 0.3) is 62.3 Å². The lowest BCUT2D eigenvalue weighted by Crippen LogP contribution is -2.34. The van der Waals surface area contributed by atoms with Crippen molar-refractivity contribution in [3.05, 3.63) is 277 Å². The molecule has 0 bridgehead atoms. The molecular weight excluding hydrogens is 2090 g/mol. The van der Waals surface area contributed by atoms with Gasteiger partial charge in [-0.2, -0.15) is 0 Å². The van der Waals surface area contributed by atoms with Gasteiger partial charge in [0, 0.05) is 54.8 Å². The molecule has 12 heterocycles. The van der Waals surface area contributed by atoms with Gasteiger partial charge < -0.3 is 47.4 Å². The Kier molecular flexibility index (Phi) is 32.0. The molecule has 0 aliphatic heterocycles. The van der Waals surface area contributed by atoms with Crippen LogP contribution in [0.15, 0.2) is 254 Å². The second-order valence-electron chi connectivity index (χ2n) is 29.5. The molecule has 4 aromatic carbocycles. The molecule has 0 atom stereocenters. The number of rotatable bonds is 27. The first-order valence-corrected chi connectivity index (χ1v) is 51.9. The van der Waals surface area contributed by atoms with Gasteiger partial charge in [-0.15, -0.1) is 45.3 Å². The minimum atomic E-state index is -4.06. The van der Waals surface area contributed by atoms with Gasteiger partial charge in [0.1, 0.15) is 65.4 Å². The molecule has 17 rings (SSSR count). The predicted molar refractivity (Wildman–Crippen MR) is 540 cm³/mol. The third-order valence-corrected chi connectivity index (χ3v) is 32.2. The molecule has 8 amide bonds. The van der Waals surface area contributed by atoms with E-state index in [2.05, 4.69) is 110 Å². The predicted octanol–water partition coefficient (Wildman–Crippen LogP) is 14.4. The standard InChI is InChI=1S/C22H22ClN7O4S2.C22H19ClN6O4S2.C21H19ClN6O4S2.C19H14BrClN6O4S2/c1-29(2)10-9-24-14-3-5-16-17(11-14)26-13-30(21(16)31)19-7-4-15(12-25-19)27-22(32)28-36(33,34)20-8-6-18(23)35-20;23-18-6-8-20(34-18)35(32,33)28-22(31)27-15-4-7-19(25-11-15)29-12-26-17-9-14(24-10-13-1-2-13)3-5-16(17)21(29)30;1-2-9-23-13-3-5-15-16(10-13)25-12-28(20(15)29)18-7-4-14(11-24-18)26-21(30)27-34(31,32)19-8-6-17(22)33-19;1-22-14-7-13-11(6-12(14)20)18(28)27(9-24-13)16-4-2-10(8-23-16)25-19(29)26-33(30,31)17-5-3-15(21)32-17/h3-8,11-13,24H,9-10H2,1-2H3,(H2,27,28,32);3-9,11-13,24H,1-2,10H2,(H2,27,28,31);3-8,10-12,23H,2,9H2,1H3,(H2,26,27,30);2-9,22H,1H3,(H2,25,26,29). The molecule has 41 nitrogen and oxygen atoms in total. The number of nitrogens with one attached hydrogen (secondary N) is 12. The first-order chi connectivity index (χ1) is 65.8. The zero-order chi connectivity index (χ0) is 98.5. The number of amides is 8. The molecule has 1 aliphatic rings. The van der Waals surface area contributed by atoms with Crippen LogP contribution in [0, 0.1) is 5.92 Å². The van der Waals surface area contributed by atoms with Crippen LogP contribution in [0.25, 0.3) is 66.9 Å². The lowest BCUT2D eigenvalue weighted by Gasteiger charge is -2.12. The number of nitrogens with zero attached hydrogens (tertiary/aromatic N) is 13. The van der Waals surface area contributed by atoms with E-state index in [0.717, 1.165) is 107 Å². The molecule has 0 saturated heterocycles. The SMILES string of the molecule is CCCNc1ccc2c(=O)n(-c3ccc(NC(=O)NS(=O)(=O)c4ccc(Cl)s4)cn3)cnc2c1.CN(C)CCNc1ccc2c(=O)n(-c3ccc(NC(=O)NS(=O)(=O)c4ccc(Cl)s4)cn3)cnc2c1.CNc1cc2ncn(-c3ccc(NC(=O)NS(=O)(=O)c4ccc(Cl)s4)cn3)c(=O)c2cc1Br.O=C(Nc1ccc(-n2cnc3cc(NCC4CC4)ccc3c2=O)nc1)NS(=O)(=O)c1ccc(Cl)s1. The molecule has 16 aromatic rings. The molecule has 12 N–H and O–H groups in total. The van der Waals surface area contributed by atoms with Crippen molar-refractivity contribution in [1.29, 1.82) is 0 Å². The Hall–Kier alpha value is -13.5. The summed E-state index contributed by atoms with van der Waals surface area (Å²) in [7, 11) is -10.5. The highest BCUT2D eigenvalue weighted by molar-refractivity contribution is 9.10. The maximum Gasteiger partial charge on any atom is 0.333 e. The maximum absolute atomic E-state index is 13.0. The number of hydrogen-bond donors (Lipinski definition) is 12. The van der Waals surface area contributed by atoms with Crippen LogP contribution in [0.4, 0.5) is 64.7 Å². The summed E-state index contributed by atoms with van der Waals surface area (Å²) in [5.41, 5.74) is 5.39. The molecule has 12 aromatic heterocycles. The van der Waals surface area contributed by atoms with Gasteiger partial charge in [-0.25, -0.2) is 112 Å². The fraction of sp³-hybridized carbons (Fsp3) is 0.143. The minimum absolute atomic E-state index is 0.0832. The van der Waals surface area contributed by atoms with Crippen molar-refractivity contribution in [2.24, 2.45) is 5.92 Å². The lowest BCUT2D eigenvalue weighted by atomic mass is 10.2. The largest absolute Gasteiger partial charge is 0.387 e. The molecule has 0 spiro atoms. The van der Waals surface area contributed by atoms with Crippen LogP contribution in [0.3, 0.4) is 0 Å². The van der Waals surface area contributed by atoms with E-state index < -0.39 is 64.2 Å². The van der Waals surface area contributed by atoms with Crippen LogP contribution in [-0.4, -0.2) is 168 Å². The van der Waals surface area contributed by atoms with E-state index >= 15 is 0 Å². The average Bonchev–Trinajstić information content (AvgIpc) is 0.928. The van der Waals surface area contributed by atoms with Crippen molar-refractivity contribution in [2.75, 3.05) is 89.9 Å². The molecule has 1 saturated carbocycles. The minimum Gasteiger partial charge on any atom is -0.387 e. The summed E-state index contributed by atoms with van der Waals surface area (Å²) in [6.07, 6.45) is 14.2. The van der Waals surface area contributed by atoms with Crippen molar-refractivity contribution >= 4 is 261 Å². The maximum atomic E-state index is 13.0. The highest BCUT2D eigenvalue weighted by Gasteiger charge is 2.27. The second-order valence-corrected chi connectivity index (χ2v) is 44.9. The van der Waals surface area contributed by atoms with Gasteiger partial charge >= 0.3 is 24.1 Å². The van der Waals surface area contributed by atoms with Gasteiger partial charge in [-0.1, -0.05) is 53.3 Å². The first-order valence-electron chi connectivity index (χ1n) is 40.4. The van der Waals surface area contributed by atoms with Gasteiger partial charge in [0.15, 0.2) is 0 Å². The third-order valence-electron chi connectivity index (χ3n) is 19.3. The smallest absolute Gasteiger partial charge is 0.333 e. The molecule has 0 radical (unpaired) electrons. The quantitative estimate of drug-likeness (QED) is 0.0227. The van der Waals surface area contributed by atoms with Crippen LogP contribution in [-0.2, 0) is 40.1 Å². The summed E-state index contributed by atoms with van der Waals surface area (Å²) >= 11 is 29.7. The number of urea groups is 4. The summed E-state index contributed by atoms with van der Waals surface area (Å²) in [5.74, 6) is 1.88.